The summed E-state index contributed by atoms with van der Waals surface area (Å²) in [5.74, 6) is 0.537. The van der Waals surface area contributed by atoms with E-state index in [1.54, 1.807) is 10.7 Å². The number of hydrogen-bond donors (Lipinski definition) is 2. The summed E-state index contributed by atoms with van der Waals surface area (Å²) in [4.78, 5) is 23.6. The second-order valence-electron chi connectivity index (χ2n) is 5.61. The molecule has 3 aromatic heterocycles. The molecule has 7 nitrogen and oxygen atoms in total. The molecule has 3 heterocycles. The van der Waals surface area contributed by atoms with Crippen LogP contribution in [0.4, 0.5) is 0 Å². The van der Waals surface area contributed by atoms with Gasteiger partial charge in [-0.15, -0.1) is 0 Å². The van der Waals surface area contributed by atoms with Gasteiger partial charge in [-0.25, -0.2) is 9.50 Å². The number of benzene rings is 1. The number of rotatable bonds is 5. The van der Waals surface area contributed by atoms with E-state index in [1.165, 1.54) is 6.33 Å². The molecular weight excluding hydrogens is 304 g/mol. The van der Waals surface area contributed by atoms with Gasteiger partial charge < -0.3 is 10.3 Å². The molecule has 120 valence electrons. The predicted molar refractivity (Wildman–Crippen MR) is 89.7 cm³/mol. The second-order valence-corrected chi connectivity index (χ2v) is 5.61. The number of carbonyl (C=O) groups is 1. The number of H-pyrrole nitrogens is 1. The third-order valence-corrected chi connectivity index (χ3v) is 3.93. The highest BCUT2D eigenvalue weighted by Crippen LogP contribution is 2.14. The lowest BCUT2D eigenvalue weighted by Crippen LogP contribution is -2.24. The van der Waals surface area contributed by atoms with E-state index in [1.807, 2.05) is 36.7 Å². The number of carbonyl (C=O) groups excluding carboxylic acids is 1. The van der Waals surface area contributed by atoms with Gasteiger partial charge >= 0.3 is 0 Å². The first-order chi connectivity index (χ1) is 11.8. The summed E-state index contributed by atoms with van der Waals surface area (Å²) in [5, 5.41) is 8.06. The molecule has 1 aromatic carbocycles. The maximum Gasteiger partial charge on any atom is 0.252 e. The van der Waals surface area contributed by atoms with Gasteiger partial charge in [-0.05, 0) is 42.7 Å². The van der Waals surface area contributed by atoms with E-state index in [0.29, 0.717) is 17.9 Å². The Morgan fingerprint density at radius 3 is 3.17 bits per heavy atom. The van der Waals surface area contributed by atoms with Crippen LogP contribution < -0.4 is 5.32 Å². The van der Waals surface area contributed by atoms with Crippen molar-refractivity contribution in [1.29, 1.82) is 0 Å². The van der Waals surface area contributed by atoms with Crippen molar-refractivity contribution in [2.75, 3.05) is 6.54 Å². The molecule has 2 N–H and O–H groups in total. The molecule has 0 radical (unpaired) electrons. The molecule has 0 saturated heterocycles. The van der Waals surface area contributed by atoms with Crippen molar-refractivity contribution >= 4 is 22.6 Å². The first kappa shape index (κ1) is 14.4. The minimum absolute atomic E-state index is 0.0528. The molecule has 1 amide bonds. The number of hydrogen-bond acceptors (Lipinski definition) is 4. The summed E-state index contributed by atoms with van der Waals surface area (Å²) in [7, 11) is 0. The molecule has 4 aromatic rings. The average Bonchev–Trinajstić information content (AvgIpc) is 3.25. The highest BCUT2D eigenvalue weighted by Gasteiger charge is 2.06. The Kier molecular flexibility index (Phi) is 3.66. The van der Waals surface area contributed by atoms with Gasteiger partial charge in [-0.3, -0.25) is 4.79 Å². The molecule has 24 heavy (non-hydrogen) atoms. The topological polar surface area (TPSA) is 88.0 Å². The maximum absolute atomic E-state index is 12.2. The maximum atomic E-state index is 12.2. The van der Waals surface area contributed by atoms with E-state index >= 15 is 0 Å². The van der Waals surface area contributed by atoms with Crippen LogP contribution in [0.5, 0.6) is 0 Å². The van der Waals surface area contributed by atoms with Crippen LogP contribution in [0.15, 0.2) is 49.2 Å². The van der Waals surface area contributed by atoms with Crippen LogP contribution in [0, 0.1) is 0 Å². The van der Waals surface area contributed by atoms with Crippen LogP contribution in [0.25, 0.3) is 16.7 Å². The van der Waals surface area contributed by atoms with Crippen LogP contribution in [0.3, 0.4) is 0 Å². The zero-order chi connectivity index (χ0) is 16.4. The molecule has 0 aliphatic carbocycles. The fourth-order valence-electron chi connectivity index (χ4n) is 2.68. The van der Waals surface area contributed by atoms with Crippen molar-refractivity contribution in [2.24, 2.45) is 0 Å². The fourth-order valence-corrected chi connectivity index (χ4v) is 2.68. The van der Waals surface area contributed by atoms with Crippen molar-refractivity contribution in [3.63, 3.8) is 0 Å². The molecule has 0 bridgehead atoms. The Labute approximate surface area is 137 Å². The lowest BCUT2D eigenvalue weighted by molar-refractivity contribution is 0.0953. The zero-order valence-electron chi connectivity index (χ0n) is 12.9. The molecule has 0 fully saturated rings. The summed E-state index contributed by atoms with van der Waals surface area (Å²) < 4.78 is 1.65. The number of aromatic nitrogens is 5. The largest absolute Gasteiger partial charge is 0.361 e. The van der Waals surface area contributed by atoms with E-state index in [0.717, 1.165) is 29.3 Å². The van der Waals surface area contributed by atoms with Gasteiger partial charge in [0.1, 0.15) is 6.33 Å². The van der Waals surface area contributed by atoms with E-state index < -0.39 is 0 Å². The number of nitrogens with one attached hydrogen (secondary N) is 2. The van der Waals surface area contributed by atoms with E-state index in [-0.39, 0.29) is 5.91 Å². The Morgan fingerprint density at radius 1 is 1.25 bits per heavy atom. The normalized spacial score (nSPS) is 11.2. The number of aromatic amines is 1. The van der Waals surface area contributed by atoms with Crippen molar-refractivity contribution in [1.82, 2.24) is 29.9 Å². The van der Waals surface area contributed by atoms with E-state index in [9.17, 15) is 4.79 Å². The molecule has 7 heteroatoms. The highest BCUT2D eigenvalue weighted by atomic mass is 16.1. The highest BCUT2D eigenvalue weighted by molar-refractivity contribution is 5.98. The predicted octanol–water partition coefficient (Wildman–Crippen LogP) is 1.97. The Hall–Kier alpha value is -3.22. The average molecular weight is 320 g/mol. The summed E-state index contributed by atoms with van der Waals surface area (Å²) in [5.41, 5.74) is 2.77. The van der Waals surface area contributed by atoms with Gasteiger partial charge in [0.05, 0.1) is 0 Å². The minimum atomic E-state index is -0.0528. The number of fused-ring (bicyclic) bond motifs is 2. The Morgan fingerprint density at radius 2 is 2.21 bits per heavy atom. The van der Waals surface area contributed by atoms with Gasteiger partial charge in [0.25, 0.3) is 11.7 Å². The minimum Gasteiger partial charge on any atom is -0.361 e. The van der Waals surface area contributed by atoms with Gasteiger partial charge in [-0.2, -0.15) is 10.1 Å². The van der Waals surface area contributed by atoms with Crippen molar-refractivity contribution in [3.8, 4) is 0 Å². The van der Waals surface area contributed by atoms with Gasteiger partial charge in [0.2, 0.25) is 0 Å². The summed E-state index contributed by atoms with van der Waals surface area (Å²) in [6, 6.07) is 7.60. The molecule has 0 aliphatic heterocycles. The van der Waals surface area contributed by atoms with Crippen LogP contribution in [0.2, 0.25) is 0 Å². The fraction of sp³-hybridized carbons (Fsp3) is 0.176. The molecule has 0 saturated carbocycles. The summed E-state index contributed by atoms with van der Waals surface area (Å²) in [6.45, 7) is 0.611. The molecule has 0 atom stereocenters. The van der Waals surface area contributed by atoms with Gasteiger partial charge in [0, 0.05) is 41.6 Å². The molecular formula is C17H16N6O. The van der Waals surface area contributed by atoms with Crippen molar-refractivity contribution in [3.05, 3.63) is 60.3 Å². The smallest absolute Gasteiger partial charge is 0.252 e. The lowest BCUT2D eigenvalue weighted by atomic mass is 10.1. The number of nitrogens with zero attached hydrogens (tertiary/aromatic N) is 4. The van der Waals surface area contributed by atoms with Crippen LogP contribution in [-0.4, -0.2) is 37.0 Å². The lowest BCUT2D eigenvalue weighted by Gasteiger charge is -2.06. The molecule has 0 spiro atoms. The van der Waals surface area contributed by atoms with Crippen LogP contribution in [-0.2, 0) is 6.42 Å². The van der Waals surface area contributed by atoms with E-state index in [4.69, 9.17) is 0 Å². The zero-order valence-corrected chi connectivity index (χ0v) is 12.9. The quantitative estimate of drug-likeness (QED) is 0.550. The van der Waals surface area contributed by atoms with Crippen molar-refractivity contribution in [2.45, 2.75) is 12.8 Å². The first-order valence-corrected chi connectivity index (χ1v) is 7.79. The van der Waals surface area contributed by atoms with Crippen molar-refractivity contribution < 1.29 is 4.79 Å². The Balaban J connectivity index is 1.32. The van der Waals surface area contributed by atoms with Crippen LogP contribution >= 0.6 is 0 Å². The molecule has 0 aliphatic rings. The number of aryl methyl sites for hydroxylation is 1. The third-order valence-electron chi connectivity index (χ3n) is 3.93. The summed E-state index contributed by atoms with van der Waals surface area (Å²) >= 11 is 0. The van der Waals surface area contributed by atoms with Gasteiger partial charge in [-0.1, -0.05) is 0 Å². The van der Waals surface area contributed by atoms with Crippen LogP contribution in [0.1, 0.15) is 22.3 Å². The Bertz CT molecular complexity index is 1000. The summed E-state index contributed by atoms with van der Waals surface area (Å²) in [6.07, 6.45) is 8.71. The monoisotopic (exact) mass is 320 g/mol. The molecule has 4 rings (SSSR count). The SMILES string of the molecule is O=C(NCCCc1cnc2ncnn2c1)c1ccc2[nH]ccc2c1. The van der Waals surface area contributed by atoms with Gasteiger partial charge in [0.15, 0.2) is 0 Å². The van der Waals surface area contributed by atoms with E-state index in [2.05, 4.69) is 25.4 Å². The third kappa shape index (κ3) is 2.83. The molecule has 0 unspecified atom stereocenters. The number of amides is 1. The standard InChI is InChI=1S/C17H16N6O/c24-16(14-3-4-15-13(8-14)5-7-18-15)19-6-1-2-12-9-20-17-21-11-22-23(17)10-12/h3-5,7-11,18H,1-2,6H2,(H,19,24). The second kappa shape index (κ2) is 6.11. The first-order valence-electron chi connectivity index (χ1n) is 7.79.